The first-order valence-corrected chi connectivity index (χ1v) is 17.6. The largest absolute Gasteiger partial charge is 0.382 e. The number of anilines is 2. The number of benzene rings is 1. The topological polar surface area (TPSA) is 240 Å². The molecule has 1 unspecified atom stereocenters. The lowest BCUT2D eigenvalue weighted by molar-refractivity contribution is -0.136. The summed E-state index contributed by atoms with van der Waals surface area (Å²) in [5.41, 5.74) is 1.24. The number of amides is 7. The van der Waals surface area contributed by atoms with Crippen molar-refractivity contribution in [1.82, 2.24) is 35.9 Å². The zero-order chi connectivity index (χ0) is 37.6. The minimum Gasteiger partial charge on any atom is -0.382 e. The van der Waals surface area contributed by atoms with Gasteiger partial charge in [0.1, 0.15) is 6.04 Å². The molecule has 2 aromatic rings. The second kappa shape index (κ2) is 19.6. The first kappa shape index (κ1) is 39.0. The van der Waals surface area contributed by atoms with Gasteiger partial charge in [0.05, 0.1) is 63.0 Å². The van der Waals surface area contributed by atoms with E-state index in [-0.39, 0.29) is 67.1 Å². The van der Waals surface area contributed by atoms with Gasteiger partial charge in [0.2, 0.25) is 24.1 Å². The van der Waals surface area contributed by atoms with E-state index in [0.29, 0.717) is 63.9 Å². The van der Waals surface area contributed by atoms with Crippen molar-refractivity contribution in [3.8, 4) is 0 Å². The molecule has 1 atom stereocenters. The van der Waals surface area contributed by atoms with Crippen molar-refractivity contribution in [2.45, 2.75) is 50.7 Å². The molecule has 19 heteroatoms. The Morgan fingerprint density at radius 3 is 2.38 bits per heavy atom. The van der Waals surface area contributed by atoms with Crippen LogP contribution >= 0.6 is 0 Å². The minimum atomic E-state index is -1.03. The van der Waals surface area contributed by atoms with Crippen molar-refractivity contribution in [1.29, 1.82) is 0 Å². The van der Waals surface area contributed by atoms with Gasteiger partial charge in [-0.05, 0) is 44.5 Å². The van der Waals surface area contributed by atoms with Crippen LogP contribution in [0.1, 0.15) is 63.3 Å². The van der Waals surface area contributed by atoms with Crippen molar-refractivity contribution in [3.05, 3.63) is 41.2 Å². The van der Waals surface area contributed by atoms with E-state index in [9.17, 15) is 33.6 Å². The molecule has 6 N–H and O–H groups in total. The number of aromatic nitrogens is 2. The van der Waals surface area contributed by atoms with Crippen molar-refractivity contribution in [2.24, 2.45) is 0 Å². The number of hydrogen-bond donors (Lipinski definition) is 6. The highest BCUT2D eigenvalue weighted by Gasteiger charge is 2.45. The van der Waals surface area contributed by atoms with Gasteiger partial charge >= 0.3 is 0 Å². The van der Waals surface area contributed by atoms with Gasteiger partial charge in [0.25, 0.3) is 17.7 Å². The Bertz CT molecular complexity index is 1660. The summed E-state index contributed by atoms with van der Waals surface area (Å²) in [6.07, 6.45) is 3.95. The molecule has 5 rings (SSSR count). The van der Waals surface area contributed by atoms with Gasteiger partial charge in [-0.25, -0.2) is 0 Å². The normalized spacial score (nSPS) is 17.4. The van der Waals surface area contributed by atoms with E-state index >= 15 is 0 Å². The maximum Gasteiger partial charge on any atom is 0.274 e. The lowest BCUT2D eigenvalue weighted by Crippen LogP contribution is -2.54. The van der Waals surface area contributed by atoms with Gasteiger partial charge in [0, 0.05) is 43.9 Å². The lowest BCUT2D eigenvalue weighted by atomic mass is 10.0. The van der Waals surface area contributed by atoms with Crippen LogP contribution in [-0.2, 0) is 39.9 Å². The molecule has 0 aliphatic carbocycles. The predicted molar refractivity (Wildman–Crippen MR) is 187 cm³/mol. The second-order valence-corrected chi connectivity index (χ2v) is 12.5. The molecule has 3 aliphatic heterocycles. The summed E-state index contributed by atoms with van der Waals surface area (Å²) in [5, 5.41) is 21.1. The summed E-state index contributed by atoms with van der Waals surface area (Å²) < 4.78 is 18.0. The number of piperidine rings is 2. The molecule has 53 heavy (non-hydrogen) atoms. The van der Waals surface area contributed by atoms with Gasteiger partial charge in [0.15, 0.2) is 5.69 Å². The highest BCUT2D eigenvalue weighted by atomic mass is 16.5. The molecule has 1 aromatic heterocycles. The Labute approximate surface area is 305 Å². The van der Waals surface area contributed by atoms with Crippen LogP contribution in [0.25, 0.3) is 0 Å². The molecular weight excluding hydrogens is 694 g/mol. The zero-order valence-electron chi connectivity index (χ0n) is 29.3. The summed E-state index contributed by atoms with van der Waals surface area (Å²) in [4.78, 5) is 86.9. The highest BCUT2D eigenvalue weighted by molar-refractivity contribution is 6.25. The van der Waals surface area contributed by atoms with Crippen molar-refractivity contribution < 1.29 is 47.8 Å². The van der Waals surface area contributed by atoms with E-state index in [1.54, 1.807) is 18.3 Å². The summed E-state index contributed by atoms with van der Waals surface area (Å²) in [7, 11) is 0. The number of carbonyl (C=O) groups is 7. The Hall–Kier alpha value is -5.24. The van der Waals surface area contributed by atoms with E-state index in [0.717, 1.165) is 30.8 Å². The standard InChI is InChI=1S/C34H45N9O10/c44-21-38-25-20-42(41-30(25)32(48)39-22-6-9-35-10-7-22)13-11-37-27(45)8-14-51-16-18-53-19-17-52-15-12-36-24-3-1-2-23-29(24)34(50)43(33(23)49)26-4-5-28(46)40-31(26)47/h1-3,20-22,26,35-36H,4-19H2,(H,37,45)(H,38,44)(H,39,48)(H,40,46,47). The molecule has 0 radical (unpaired) electrons. The molecule has 19 nitrogen and oxygen atoms in total. The Morgan fingerprint density at radius 1 is 0.906 bits per heavy atom. The fourth-order valence-electron chi connectivity index (χ4n) is 6.12. The zero-order valence-corrected chi connectivity index (χ0v) is 29.3. The fourth-order valence-corrected chi connectivity index (χ4v) is 6.12. The van der Waals surface area contributed by atoms with Crippen molar-refractivity contribution in [3.63, 3.8) is 0 Å². The van der Waals surface area contributed by atoms with Crippen LogP contribution in [0, 0.1) is 0 Å². The highest BCUT2D eigenvalue weighted by Crippen LogP contribution is 2.32. The molecule has 2 fully saturated rings. The fraction of sp³-hybridized carbons (Fsp3) is 0.529. The van der Waals surface area contributed by atoms with E-state index in [4.69, 9.17) is 14.2 Å². The smallest absolute Gasteiger partial charge is 0.274 e. The maximum absolute atomic E-state index is 13.2. The first-order chi connectivity index (χ1) is 25.8. The second-order valence-electron chi connectivity index (χ2n) is 12.5. The molecule has 286 valence electrons. The monoisotopic (exact) mass is 739 g/mol. The molecular formula is C34H45N9O10. The molecule has 4 heterocycles. The van der Waals surface area contributed by atoms with E-state index < -0.39 is 29.7 Å². The van der Waals surface area contributed by atoms with Crippen LogP contribution < -0.4 is 31.9 Å². The number of nitrogens with one attached hydrogen (secondary N) is 6. The van der Waals surface area contributed by atoms with Gasteiger partial charge < -0.3 is 40.8 Å². The molecule has 0 saturated carbocycles. The molecule has 7 amide bonds. The van der Waals surface area contributed by atoms with E-state index in [2.05, 4.69) is 37.0 Å². The molecule has 2 saturated heterocycles. The number of ether oxygens (including phenoxy) is 3. The van der Waals surface area contributed by atoms with Crippen LogP contribution in [0.15, 0.2) is 24.4 Å². The molecule has 0 spiro atoms. The first-order valence-electron chi connectivity index (χ1n) is 17.6. The number of carbonyl (C=O) groups excluding carboxylic acids is 7. The summed E-state index contributed by atoms with van der Waals surface area (Å²) in [6, 6.07) is 3.86. The van der Waals surface area contributed by atoms with E-state index in [1.807, 2.05) is 0 Å². The Balaban J connectivity index is 0.886. The Kier molecular flexibility index (Phi) is 14.4. The van der Waals surface area contributed by atoms with Gasteiger partial charge in [-0.15, -0.1) is 0 Å². The average molecular weight is 740 g/mol. The van der Waals surface area contributed by atoms with Crippen LogP contribution in [0.4, 0.5) is 11.4 Å². The molecule has 0 bridgehead atoms. The number of nitrogens with zero attached hydrogens (tertiary/aromatic N) is 3. The minimum absolute atomic E-state index is 0.0401. The number of fused-ring (bicyclic) bond motifs is 1. The summed E-state index contributed by atoms with van der Waals surface area (Å²) in [6.45, 7) is 4.28. The number of hydrogen-bond acceptors (Lipinski definition) is 13. The van der Waals surface area contributed by atoms with Gasteiger partial charge in [-0.1, -0.05) is 6.07 Å². The molecule has 1 aromatic carbocycles. The Morgan fingerprint density at radius 2 is 1.64 bits per heavy atom. The maximum atomic E-state index is 13.2. The van der Waals surface area contributed by atoms with Crippen molar-refractivity contribution >= 4 is 53.2 Å². The predicted octanol–water partition coefficient (Wildman–Crippen LogP) is -0.997. The third kappa shape index (κ3) is 10.7. The summed E-state index contributed by atoms with van der Waals surface area (Å²) in [5.74, 6) is -2.82. The third-order valence-electron chi connectivity index (χ3n) is 8.78. The van der Waals surface area contributed by atoms with Crippen LogP contribution in [0.5, 0.6) is 0 Å². The van der Waals surface area contributed by atoms with Crippen molar-refractivity contribution in [2.75, 3.05) is 76.5 Å². The summed E-state index contributed by atoms with van der Waals surface area (Å²) >= 11 is 0. The van der Waals surface area contributed by atoms with Crippen LogP contribution in [0.2, 0.25) is 0 Å². The van der Waals surface area contributed by atoms with Crippen LogP contribution in [-0.4, -0.2) is 134 Å². The quantitative estimate of drug-likeness (QED) is 0.0513. The van der Waals surface area contributed by atoms with Gasteiger partial charge in [-0.3, -0.25) is 48.5 Å². The number of imide groups is 2. The van der Waals surface area contributed by atoms with Crippen LogP contribution in [0.3, 0.4) is 0 Å². The SMILES string of the molecule is O=CNc1cn(CCNC(=O)CCOCCOCCOCCNc2cccc3c2C(=O)N(C2CCC(=O)NC2=O)C3=O)nc1C(=O)NC1CCNCC1. The third-order valence-corrected chi connectivity index (χ3v) is 8.78. The number of rotatable bonds is 21. The molecule has 3 aliphatic rings. The average Bonchev–Trinajstić information content (AvgIpc) is 3.66. The van der Waals surface area contributed by atoms with Gasteiger partial charge in [-0.2, -0.15) is 5.10 Å². The van der Waals surface area contributed by atoms with E-state index in [1.165, 1.54) is 10.7 Å². The lowest BCUT2D eigenvalue weighted by Gasteiger charge is -2.27.